The third-order valence-corrected chi connectivity index (χ3v) is 6.74. The van der Waals surface area contributed by atoms with Crippen molar-refractivity contribution in [1.82, 2.24) is 24.9 Å². The van der Waals surface area contributed by atoms with E-state index in [0.717, 1.165) is 68.3 Å². The molecule has 2 aliphatic rings. The summed E-state index contributed by atoms with van der Waals surface area (Å²) in [5.41, 5.74) is 8.15. The van der Waals surface area contributed by atoms with Crippen molar-refractivity contribution in [2.75, 3.05) is 31.1 Å². The number of fused-ring (bicyclic) bond motifs is 1. The SMILES string of the molecule is N[C@@H]1CCN(Cc2cn(C3CCN(c4nc5ccccc5s4)CC3)nn2)C1. The molecule has 0 amide bonds. The van der Waals surface area contributed by atoms with Gasteiger partial charge in [-0.05, 0) is 31.4 Å². The molecule has 3 aromatic rings. The zero-order valence-corrected chi connectivity index (χ0v) is 16.2. The molecule has 7 nitrogen and oxygen atoms in total. The van der Waals surface area contributed by atoms with Gasteiger partial charge in [-0.3, -0.25) is 4.90 Å². The van der Waals surface area contributed by atoms with Crippen molar-refractivity contribution in [1.29, 1.82) is 0 Å². The summed E-state index contributed by atoms with van der Waals surface area (Å²) in [7, 11) is 0. The normalized spacial score (nSPS) is 22.1. The van der Waals surface area contributed by atoms with Gasteiger partial charge in [0.05, 0.1) is 28.1 Å². The third kappa shape index (κ3) is 3.56. The summed E-state index contributed by atoms with van der Waals surface area (Å²) in [5, 5.41) is 9.94. The Kier molecular flexibility index (Phi) is 4.55. The van der Waals surface area contributed by atoms with Crippen LogP contribution in [0, 0.1) is 0 Å². The lowest BCUT2D eigenvalue weighted by atomic mass is 10.1. The van der Waals surface area contributed by atoms with Crippen molar-refractivity contribution < 1.29 is 0 Å². The van der Waals surface area contributed by atoms with E-state index in [1.807, 2.05) is 0 Å². The van der Waals surface area contributed by atoms with E-state index in [1.165, 1.54) is 4.70 Å². The summed E-state index contributed by atoms with van der Waals surface area (Å²) in [5.74, 6) is 0. The molecule has 2 fully saturated rings. The van der Waals surface area contributed by atoms with Crippen LogP contribution in [-0.4, -0.2) is 57.1 Å². The van der Waals surface area contributed by atoms with Gasteiger partial charge in [0.2, 0.25) is 0 Å². The van der Waals surface area contributed by atoms with Crippen molar-refractivity contribution in [3.05, 3.63) is 36.2 Å². The molecule has 27 heavy (non-hydrogen) atoms. The predicted molar refractivity (Wildman–Crippen MR) is 108 cm³/mol. The number of nitrogens with zero attached hydrogens (tertiary/aromatic N) is 6. The Morgan fingerprint density at radius 3 is 2.74 bits per heavy atom. The van der Waals surface area contributed by atoms with E-state index in [2.05, 4.69) is 55.3 Å². The fourth-order valence-corrected chi connectivity index (χ4v) is 5.13. The maximum atomic E-state index is 5.99. The quantitative estimate of drug-likeness (QED) is 0.745. The third-order valence-electron chi connectivity index (χ3n) is 5.64. The van der Waals surface area contributed by atoms with Gasteiger partial charge in [0.15, 0.2) is 5.13 Å². The Morgan fingerprint density at radius 2 is 1.96 bits per heavy atom. The van der Waals surface area contributed by atoms with Gasteiger partial charge in [0.1, 0.15) is 0 Å². The molecule has 0 unspecified atom stereocenters. The van der Waals surface area contributed by atoms with Gasteiger partial charge in [0.25, 0.3) is 0 Å². The number of para-hydroxylation sites is 1. The van der Waals surface area contributed by atoms with E-state index in [4.69, 9.17) is 10.7 Å². The zero-order chi connectivity index (χ0) is 18.2. The molecule has 0 radical (unpaired) electrons. The van der Waals surface area contributed by atoms with Crippen molar-refractivity contribution in [3.8, 4) is 0 Å². The number of benzene rings is 1. The summed E-state index contributed by atoms with van der Waals surface area (Å²) in [6.07, 6.45) is 5.36. The first-order valence-corrected chi connectivity index (χ1v) is 10.6. The second kappa shape index (κ2) is 7.18. The van der Waals surface area contributed by atoms with E-state index in [1.54, 1.807) is 11.3 Å². The fourth-order valence-electron chi connectivity index (χ4n) is 4.12. The highest BCUT2D eigenvalue weighted by atomic mass is 32.1. The average molecular weight is 384 g/mol. The number of thiazole rings is 1. The Bertz CT molecular complexity index is 879. The van der Waals surface area contributed by atoms with E-state index in [9.17, 15) is 0 Å². The first-order valence-electron chi connectivity index (χ1n) is 9.74. The van der Waals surface area contributed by atoms with Crippen LogP contribution in [0.2, 0.25) is 0 Å². The second-order valence-corrected chi connectivity index (χ2v) is 8.67. The number of hydrogen-bond donors (Lipinski definition) is 1. The molecule has 5 rings (SSSR count). The predicted octanol–water partition coefficient (Wildman–Crippen LogP) is 2.26. The van der Waals surface area contributed by atoms with Gasteiger partial charge in [-0.1, -0.05) is 28.7 Å². The van der Waals surface area contributed by atoms with E-state index in [-0.39, 0.29) is 0 Å². The highest BCUT2D eigenvalue weighted by Crippen LogP contribution is 2.32. The van der Waals surface area contributed by atoms with Crippen LogP contribution in [0.3, 0.4) is 0 Å². The lowest BCUT2D eigenvalue weighted by Crippen LogP contribution is -2.34. The van der Waals surface area contributed by atoms with Gasteiger partial charge < -0.3 is 10.6 Å². The number of rotatable bonds is 4. The van der Waals surface area contributed by atoms with Crippen molar-refractivity contribution in [2.45, 2.75) is 37.9 Å². The number of aromatic nitrogens is 4. The molecule has 1 aromatic carbocycles. The Labute approximate surface area is 162 Å². The first kappa shape index (κ1) is 17.1. The fraction of sp³-hybridized carbons (Fsp3) is 0.526. The minimum absolute atomic E-state index is 0.312. The van der Waals surface area contributed by atoms with Crippen LogP contribution in [0.4, 0.5) is 5.13 Å². The van der Waals surface area contributed by atoms with E-state index < -0.39 is 0 Å². The van der Waals surface area contributed by atoms with Crippen molar-refractivity contribution in [2.24, 2.45) is 5.73 Å². The summed E-state index contributed by atoms with van der Waals surface area (Å²) < 4.78 is 3.33. The van der Waals surface area contributed by atoms with Crippen molar-refractivity contribution >= 4 is 26.7 Å². The summed E-state index contributed by atoms with van der Waals surface area (Å²) >= 11 is 1.79. The maximum absolute atomic E-state index is 5.99. The Hall–Kier alpha value is -2.03. The molecule has 2 saturated heterocycles. The highest BCUT2D eigenvalue weighted by Gasteiger charge is 2.25. The number of anilines is 1. The molecule has 2 N–H and O–H groups in total. The molecule has 8 heteroatoms. The second-order valence-electron chi connectivity index (χ2n) is 7.66. The number of likely N-dealkylation sites (tertiary alicyclic amines) is 1. The smallest absolute Gasteiger partial charge is 0.186 e. The molecule has 142 valence electrons. The Morgan fingerprint density at radius 1 is 1.11 bits per heavy atom. The lowest BCUT2D eigenvalue weighted by Gasteiger charge is -2.31. The van der Waals surface area contributed by atoms with Crippen LogP contribution in [0.25, 0.3) is 10.2 Å². The molecule has 2 aromatic heterocycles. The van der Waals surface area contributed by atoms with Gasteiger partial charge in [-0.25, -0.2) is 9.67 Å². The summed E-state index contributed by atoms with van der Waals surface area (Å²) in [6.45, 7) is 4.92. The highest BCUT2D eigenvalue weighted by molar-refractivity contribution is 7.22. The van der Waals surface area contributed by atoms with Gasteiger partial charge >= 0.3 is 0 Å². The molecule has 1 atom stereocenters. The van der Waals surface area contributed by atoms with Gasteiger partial charge in [-0.15, -0.1) is 5.10 Å². The molecule has 2 aliphatic heterocycles. The standard InChI is InChI=1S/C19H25N7S/c20-14-5-8-24(11-14)12-15-13-26(23-22-15)16-6-9-25(10-7-16)19-21-17-3-1-2-4-18(17)27-19/h1-4,13-14,16H,5-12,20H2/t14-/m1/s1. The number of piperidine rings is 1. The molecule has 0 spiro atoms. The molecule has 0 bridgehead atoms. The average Bonchev–Trinajstić information content (AvgIpc) is 3.42. The lowest BCUT2D eigenvalue weighted by molar-refractivity contribution is 0.322. The number of nitrogens with two attached hydrogens (primary N) is 1. The van der Waals surface area contributed by atoms with Gasteiger partial charge in [-0.2, -0.15) is 0 Å². The zero-order valence-electron chi connectivity index (χ0n) is 15.4. The monoisotopic (exact) mass is 383 g/mol. The minimum Gasteiger partial charge on any atom is -0.348 e. The van der Waals surface area contributed by atoms with Crippen LogP contribution in [0.1, 0.15) is 31.0 Å². The molecule has 0 saturated carbocycles. The van der Waals surface area contributed by atoms with E-state index >= 15 is 0 Å². The topological polar surface area (TPSA) is 76.1 Å². The largest absolute Gasteiger partial charge is 0.348 e. The summed E-state index contributed by atoms with van der Waals surface area (Å²) in [4.78, 5) is 9.57. The molecular weight excluding hydrogens is 358 g/mol. The number of hydrogen-bond acceptors (Lipinski definition) is 7. The molecule has 0 aliphatic carbocycles. The van der Waals surface area contributed by atoms with Gasteiger partial charge in [0, 0.05) is 38.8 Å². The Balaban J connectivity index is 1.20. The van der Waals surface area contributed by atoms with Crippen LogP contribution >= 0.6 is 11.3 Å². The maximum Gasteiger partial charge on any atom is 0.186 e. The van der Waals surface area contributed by atoms with Crippen molar-refractivity contribution in [3.63, 3.8) is 0 Å². The molecule has 4 heterocycles. The summed E-state index contributed by atoms with van der Waals surface area (Å²) in [6, 6.07) is 9.11. The van der Waals surface area contributed by atoms with Crippen LogP contribution in [-0.2, 0) is 6.54 Å². The van der Waals surface area contributed by atoms with E-state index in [0.29, 0.717) is 12.1 Å². The van der Waals surface area contributed by atoms with Crippen LogP contribution in [0.5, 0.6) is 0 Å². The first-order chi connectivity index (χ1) is 13.2. The van der Waals surface area contributed by atoms with Crippen LogP contribution in [0.15, 0.2) is 30.5 Å². The minimum atomic E-state index is 0.312. The molecular formula is C19H25N7S. The van der Waals surface area contributed by atoms with Crippen LogP contribution < -0.4 is 10.6 Å².